The maximum atomic E-state index is 10.7. The fraction of sp³-hybridized carbons (Fsp3) is 0.250. The van der Waals surface area contributed by atoms with Gasteiger partial charge in [-0.25, -0.2) is 0 Å². The van der Waals surface area contributed by atoms with Crippen LogP contribution in [0.5, 0.6) is 0 Å². The molecule has 0 fully saturated rings. The number of nitrogen functional groups attached to an aromatic ring is 1. The third-order valence-corrected chi connectivity index (χ3v) is 3.18. The Bertz CT molecular complexity index is 474. The lowest BCUT2D eigenvalue weighted by Gasteiger charge is -2.03. The number of hydrogen-bond acceptors (Lipinski definition) is 3. The Balaban J connectivity index is 2.82. The molecular weight excluding hydrogens is 242 g/mol. The number of carbonyl (C=O) groups is 1. The minimum Gasteiger partial charge on any atom is -0.398 e. The summed E-state index contributed by atoms with van der Waals surface area (Å²) in [5, 5.41) is 0.647. The number of rotatable bonds is 1. The van der Waals surface area contributed by atoms with Gasteiger partial charge in [0.05, 0.1) is 10.8 Å². The van der Waals surface area contributed by atoms with Crippen LogP contribution in [0.1, 0.15) is 18.1 Å². The van der Waals surface area contributed by atoms with E-state index in [1.165, 1.54) is 18.7 Å². The Morgan fingerprint density at radius 2 is 2.25 bits per heavy atom. The number of anilines is 1. The minimum atomic E-state index is 0.0638. The van der Waals surface area contributed by atoms with E-state index in [4.69, 9.17) is 17.3 Å². The van der Waals surface area contributed by atoms with Crippen molar-refractivity contribution in [3.05, 3.63) is 28.3 Å². The normalized spacial score (nSPS) is 9.44. The molecule has 0 aliphatic carbocycles. The summed E-state index contributed by atoms with van der Waals surface area (Å²) in [6, 6.07) is 3.57. The average molecular weight is 254 g/mol. The largest absolute Gasteiger partial charge is 0.398 e. The first-order valence-electron chi connectivity index (χ1n) is 4.69. The number of carbonyl (C=O) groups excluding carboxylic acids is 1. The van der Waals surface area contributed by atoms with Gasteiger partial charge in [-0.2, -0.15) is 0 Å². The van der Waals surface area contributed by atoms with Crippen LogP contribution in [0.3, 0.4) is 0 Å². The monoisotopic (exact) mass is 253 g/mol. The first-order valence-corrected chi connectivity index (χ1v) is 6.05. The minimum absolute atomic E-state index is 0.0638. The third kappa shape index (κ3) is 3.48. The summed E-state index contributed by atoms with van der Waals surface area (Å²) < 4.78 is 0. The lowest BCUT2D eigenvalue weighted by atomic mass is 10.1. The van der Waals surface area contributed by atoms with Crippen LogP contribution < -0.4 is 5.73 Å². The summed E-state index contributed by atoms with van der Waals surface area (Å²) in [6.45, 7) is 3.37. The van der Waals surface area contributed by atoms with E-state index in [9.17, 15) is 4.79 Å². The predicted octanol–water partition coefficient (Wildman–Crippen LogP) is 2.86. The van der Waals surface area contributed by atoms with Crippen molar-refractivity contribution in [1.82, 2.24) is 0 Å². The van der Waals surface area contributed by atoms with Crippen LogP contribution in [-0.2, 0) is 4.79 Å². The summed E-state index contributed by atoms with van der Waals surface area (Å²) in [5.74, 6) is 6.29. The van der Waals surface area contributed by atoms with Gasteiger partial charge in [-0.3, -0.25) is 4.79 Å². The van der Waals surface area contributed by atoms with Gasteiger partial charge in [0.2, 0.25) is 0 Å². The molecule has 1 rings (SSSR count). The second-order valence-corrected chi connectivity index (χ2v) is 4.75. The highest BCUT2D eigenvalue weighted by atomic mass is 35.5. The molecule has 2 N–H and O–H groups in total. The molecule has 4 heteroatoms. The van der Waals surface area contributed by atoms with Crippen LogP contribution in [-0.4, -0.2) is 10.9 Å². The number of halogens is 1. The molecule has 0 aromatic heterocycles. The summed E-state index contributed by atoms with van der Waals surface area (Å²) in [7, 11) is 0. The van der Waals surface area contributed by atoms with Gasteiger partial charge >= 0.3 is 0 Å². The van der Waals surface area contributed by atoms with Gasteiger partial charge < -0.3 is 5.73 Å². The van der Waals surface area contributed by atoms with E-state index in [0.717, 1.165) is 11.1 Å². The summed E-state index contributed by atoms with van der Waals surface area (Å²) in [5.41, 5.74) is 7.95. The van der Waals surface area contributed by atoms with Crippen molar-refractivity contribution in [2.24, 2.45) is 0 Å². The highest BCUT2D eigenvalue weighted by Gasteiger charge is 2.03. The highest BCUT2D eigenvalue weighted by molar-refractivity contribution is 8.13. The van der Waals surface area contributed by atoms with Crippen LogP contribution >= 0.6 is 23.4 Å². The molecule has 0 saturated carbocycles. The molecule has 0 heterocycles. The summed E-state index contributed by atoms with van der Waals surface area (Å²) in [4.78, 5) is 10.7. The first kappa shape index (κ1) is 13.0. The Labute approximate surface area is 105 Å². The summed E-state index contributed by atoms with van der Waals surface area (Å²) in [6.07, 6.45) is 0. The molecule has 2 nitrogen and oxygen atoms in total. The van der Waals surface area contributed by atoms with Crippen LogP contribution in [0.2, 0.25) is 5.02 Å². The molecule has 0 amide bonds. The molecule has 0 aliphatic heterocycles. The zero-order chi connectivity index (χ0) is 12.1. The fourth-order valence-electron chi connectivity index (χ4n) is 1.07. The molecule has 0 bridgehead atoms. The van der Waals surface area contributed by atoms with E-state index < -0.39 is 0 Å². The van der Waals surface area contributed by atoms with Gasteiger partial charge in [0, 0.05) is 18.2 Å². The second-order valence-electron chi connectivity index (χ2n) is 3.22. The number of hydrogen-bond donors (Lipinski definition) is 1. The second kappa shape index (κ2) is 5.83. The molecule has 1 aromatic rings. The Kier molecular flexibility index (Phi) is 4.72. The van der Waals surface area contributed by atoms with Crippen molar-refractivity contribution in [3.63, 3.8) is 0 Å². The summed E-state index contributed by atoms with van der Waals surface area (Å²) >= 11 is 7.27. The number of benzene rings is 1. The Hall–Kier alpha value is -1.11. The molecule has 0 spiro atoms. The van der Waals surface area contributed by atoms with Crippen molar-refractivity contribution in [1.29, 1.82) is 0 Å². The van der Waals surface area contributed by atoms with Crippen molar-refractivity contribution in [2.75, 3.05) is 11.5 Å². The molecule has 16 heavy (non-hydrogen) atoms. The van der Waals surface area contributed by atoms with E-state index in [-0.39, 0.29) is 5.12 Å². The molecule has 0 atom stereocenters. The average Bonchev–Trinajstić information content (AvgIpc) is 2.23. The molecule has 0 unspecified atom stereocenters. The first-order chi connectivity index (χ1) is 7.52. The van der Waals surface area contributed by atoms with Crippen molar-refractivity contribution in [2.45, 2.75) is 13.8 Å². The van der Waals surface area contributed by atoms with Gasteiger partial charge in [0.1, 0.15) is 0 Å². The van der Waals surface area contributed by atoms with Crippen LogP contribution in [0.4, 0.5) is 5.69 Å². The van der Waals surface area contributed by atoms with Gasteiger partial charge in [0.25, 0.3) is 0 Å². The van der Waals surface area contributed by atoms with Crippen LogP contribution in [0, 0.1) is 18.8 Å². The maximum absolute atomic E-state index is 10.7. The molecule has 0 radical (unpaired) electrons. The zero-order valence-electron chi connectivity index (χ0n) is 9.13. The van der Waals surface area contributed by atoms with E-state index in [0.29, 0.717) is 16.5 Å². The molecule has 0 saturated heterocycles. The fourth-order valence-corrected chi connectivity index (χ4v) is 1.63. The van der Waals surface area contributed by atoms with E-state index in [1.54, 1.807) is 12.1 Å². The zero-order valence-corrected chi connectivity index (χ0v) is 10.7. The van der Waals surface area contributed by atoms with Crippen LogP contribution in [0.25, 0.3) is 0 Å². The van der Waals surface area contributed by atoms with Gasteiger partial charge in [0.15, 0.2) is 5.12 Å². The van der Waals surface area contributed by atoms with Crippen LogP contribution in [0.15, 0.2) is 12.1 Å². The molecular formula is C12H12ClNOS. The molecule has 0 aliphatic rings. The van der Waals surface area contributed by atoms with Gasteiger partial charge in [-0.05, 0) is 24.6 Å². The van der Waals surface area contributed by atoms with E-state index >= 15 is 0 Å². The number of nitrogens with two attached hydrogens (primary N) is 1. The van der Waals surface area contributed by atoms with Gasteiger partial charge in [-0.1, -0.05) is 35.2 Å². The van der Waals surface area contributed by atoms with Crippen molar-refractivity contribution >= 4 is 34.2 Å². The molecule has 84 valence electrons. The predicted molar refractivity (Wildman–Crippen MR) is 70.6 cm³/mol. The lowest BCUT2D eigenvalue weighted by molar-refractivity contribution is -0.109. The topological polar surface area (TPSA) is 43.1 Å². The lowest BCUT2D eigenvalue weighted by Crippen LogP contribution is -1.92. The van der Waals surface area contributed by atoms with Crippen molar-refractivity contribution in [3.8, 4) is 11.8 Å². The number of thioether (sulfide) groups is 1. The third-order valence-electron chi connectivity index (χ3n) is 2.00. The molecule has 1 aromatic carbocycles. The Morgan fingerprint density at radius 3 is 2.88 bits per heavy atom. The Morgan fingerprint density at radius 1 is 1.56 bits per heavy atom. The standard InChI is InChI=1S/C12H12ClNOS/c1-8-11(14)6-5-10(12(8)13)4-3-7-16-9(2)15/h5-6H,7,14H2,1-2H3. The SMILES string of the molecule is CC(=O)SCC#Cc1ccc(N)c(C)c1Cl. The quantitative estimate of drug-likeness (QED) is 0.618. The van der Waals surface area contributed by atoms with Crippen molar-refractivity contribution < 1.29 is 4.79 Å². The highest BCUT2D eigenvalue weighted by Crippen LogP contribution is 2.24. The van der Waals surface area contributed by atoms with E-state index in [2.05, 4.69) is 11.8 Å². The smallest absolute Gasteiger partial charge is 0.186 e. The van der Waals surface area contributed by atoms with Gasteiger partial charge in [-0.15, -0.1) is 0 Å². The maximum Gasteiger partial charge on any atom is 0.186 e. The van der Waals surface area contributed by atoms with E-state index in [1.807, 2.05) is 6.92 Å².